The Balaban J connectivity index is 2.06. The van der Waals surface area contributed by atoms with Gasteiger partial charge in [-0.25, -0.2) is 0 Å². The van der Waals surface area contributed by atoms with Crippen LogP contribution in [-0.4, -0.2) is 10.1 Å². The van der Waals surface area contributed by atoms with E-state index in [1.165, 1.54) is 11.1 Å². The third-order valence-corrected chi connectivity index (χ3v) is 3.46. The molecular weight excluding hydrogens is 250 g/mol. The SMILES string of the molecule is CCc1ccc(C(NCc2nc(C)no2)C(C)C)cc1. The number of benzene rings is 1. The molecule has 0 saturated carbocycles. The smallest absolute Gasteiger partial charge is 0.240 e. The first-order valence-electron chi connectivity index (χ1n) is 7.21. The van der Waals surface area contributed by atoms with E-state index < -0.39 is 0 Å². The summed E-state index contributed by atoms with van der Waals surface area (Å²) < 4.78 is 5.14. The molecule has 0 radical (unpaired) electrons. The van der Waals surface area contributed by atoms with Crippen LogP contribution in [0.5, 0.6) is 0 Å². The fraction of sp³-hybridized carbons (Fsp3) is 0.500. The molecule has 1 aromatic heterocycles. The van der Waals surface area contributed by atoms with Crippen molar-refractivity contribution in [3.8, 4) is 0 Å². The van der Waals surface area contributed by atoms with Gasteiger partial charge in [0.25, 0.3) is 0 Å². The summed E-state index contributed by atoms with van der Waals surface area (Å²) in [6.07, 6.45) is 1.07. The standard InChI is InChI=1S/C16H23N3O/c1-5-13-6-8-14(9-7-13)16(11(2)3)17-10-15-18-12(4)19-20-15/h6-9,11,16-17H,5,10H2,1-4H3. The van der Waals surface area contributed by atoms with Gasteiger partial charge in [0.1, 0.15) is 0 Å². The zero-order valence-corrected chi connectivity index (χ0v) is 12.7. The van der Waals surface area contributed by atoms with E-state index in [0.717, 1.165) is 6.42 Å². The molecule has 4 nitrogen and oxygen atoms in total. The maximum Gasteiger partial charge on any atom is 0.240 e. The Morgan fingerprint density at radius 2 is 1.90 bits per heavy atom. The zero-order chi connectivity index (χ0) is 14.5. The van der Waals surface area contributed by atoms with Crippen molar-refractivity contribution in [2.75, 3.05) is 0 Å². The van der Waals surface area contributed by atoms with Crippen LogP contribution in [0, 0.1) is 12.8 Å². The van der Waals surface area contributed by atoms with Crippen molar-refractivity contribution in [3.05, 3.63) is 47.1 Å². The van der Waals surface area contributed by atoms with Crippen molar-refractivity contribution in [2.45, 2.75) is 46.7 Å². The predicted molar refractivity (Wildman–Crippen MR) is 79.3 cm³/mol. The molecule has 0 aliphatic carbocycles. The van der Waals surface area contributed by atoms with Crippen LogP contribution in [0.25, 0.3) is 0 Å². The number of aromatic nitrogens is 2. The van der Waals surface area contributed by atoms with Crippen molar-refractivity contribution < 1.29 is 4.52 Å². The lowest BCUT2D eigenvalue weighted by Crippen LogP contribution is -2.25. The summed E-state index contributed by atoms with van der Waals surface area (Å²) in [6, 6.07) is 9.09. The topological polar surface area (TPSA) is 51.0 Å². The Bertz CT molecular complexity index is 531. The van der Waals surface area contributed by atoms with Crippen LogP contribution in [0.4, 0.5) is 0 Å². The molecule has 0 spiro atoms. The first-order valence-corrected chi connectivity index (χ1v) is 7.21. The van der Waals surface area contributed by atoms with E-state index in [-0.39, 0.29) is 6.04 Å². The van der Waals surface area contributed by atoms with Crippen LogP contribution in [-0.2, 0) is 13.0 Å². The summed E-state index contributed by atoms with van der Waals surface area (Å²) in [5.74, 6) is 1.81. The molecule has 0 fully saturated rings. The van der Waals surface area contributed by atoms with Crippen molar-refractivity contribution in [2.24, 2.45) is 5.92 Å². The van der Waals surface area contributed by atoms with E-state index in [1.807, 2.05) is 6.92 Å². The molecular formula is C16H23N3O. The van der Waals surface area contributed by atoms with Crippen LogP contribution in [0.15, 0.2) is 28.8 Å². The van der Waals surface area contributed by atoms with Gasteiger partial charge in [0, 0.05) is 6.04 Å². The summed E-state index contributed by atoms with van der Waals surface area (Å²) in [6.45, 7) is 9.02. The van der Waals surface area contributed by atoms with Gasteiger partial charge in [-0.05, 0) is 30.4 Å². The highest BCUT2D eigenvalue weighted by Crippen LogP contribution is 2.22. The minimum Gasteiger partial charge on any atom is -0.338 e. The second-order valence-corrected chi connectivity index (χ2v) is 5.43. The third kappa shape index (κ3) is 3.67. The minimum absolute atomic E-state index is 0.285. The van der Waals surface area contributed by atoms with Crippen LogP contribution in [0.3, 0.4) is 0 Å². The highest BCUT2D eigenvalue weighted by molar-refractivity contribution is 5.25. The van der Waals surface area contributed by atoms with Crippen molar-refractivity contribution in [1.82, 2.24) is 15.5 Å². The normalized spacial score (nSPS) is 12.8. The summed E-state index contributed by atoms with van der Waals surface area (Å²) in [7, 11) is 0. The van der Waals surface area contributed by atoms with E-state index in [0.29, 0.717) is 24.2 Å². The number of hydrogen-bond donors (Lipinski definition) is 1. The third-order valence-electron chi connectivity index (χ3n) is 3.46. The summed E-state index contributed by atoms with van der Waals surface area (Å²) in [5.41, 5.74) is 2.66. The van der Waals surface area contributed by atoms with Crippen LogP contribution in [0.1, 0.15) is 49.7 Å². The van der Waals surface area contributed by atoms with Crippen molar-refractivity contribution >= 4 is 0 Å². The van der Waals surface area contributed by atoms with Crippen molar-refractivity contribution in [3.63, 3.8) is 0 Å². The van der Waals surface area contributed by atoms with Gasteiger partial charge in [-0.1, -0.05) is 50.2 Å². The Morgan fingerprint density at radius 3 is 2.40 bits per heavy atom. The number of aryl methyl sites for hydroxylation is 2. The van der Waals surface area contributed by atoms with Gasteiger partial charge in [0.05, 0.1) is 6.54 Å². The second kappa shape index (κ2) is 6.66. The van der Waals surface area contributed by atoms with Crippen LogP contribution < -0.4 is 5.32 Å². The van der Waals surface area contributed by atoms with Gasteiger partial charge in [-0.15, -0.1) is 0 Å². The lowest BCUT2D eigenvalue weighted by atomic mass is 9.95. The van der Waals surface area contributed by atoms with Gasteiger partial charge < -0.3 is 9.84 Å². The fourth-order valence-electron chi connectivity index (χ4n) is 2.31. The number of nitrogens with one attached hydrogen (secondary N) is 1. The molecule has 0 saturated heterocycles. The first kappa shape index (κ1) is 14.7. The summed E-state index contributed by atoms with van der Waals surface area (Å²) in [5, 5.41) is 7.32. The summed E-state index contributed by atoms with van der Waals surface area (Å²) in [4.78, 5) is 4.22. The largest absolute Gasteiger partial charge is 0.338 e. The van der Waals surface area contributed by atoms with E-state index in [2.05, 4.69) is 60.5 Å². The Morgan fingerprint density at radius 1 is 1.20 bits per heavy atom. The lowest BCUT2D eigenvalue weighted by Gasteiger charge is -2.22. The monoisotopic (exact) mass is 273 g/mol. The number of nitrogens with zero attached hydrogens (tertiary/aromatic N) is 2. The molecule has 0 aliphatic heterocycles. The average Bonchev–Trinajstić information content (AvgIpc) is 2.85. The fourth-order valence-corrected chi connectivity index (χ4v) is 2.31. The molecule has 4 heteroatoms. The van der Waals surface area contributed by atoms with E-state index >= 15 is 0 Å². The molecule has 2 aromatic rings. The Kier molecular flexibility index (Phi) is 4.90. The maximum atomic E-state index is 5.14. The Labute approximate surface area is 120 Å². The molecule has 108 valence electrons. The van der Waals surface area contributed by atoms with Crippen LogP contribution >= 0.6 is 0 Å². The van der Waals surface area contributed by atoms with Gasteiger partial charge in [0.2, 0.25) is 5.89 Å². The summed E-state index contributed by atoms with van der Waals surface area (Å²) >= 11 is 0. The molecule has 0 aliphatic rings. The molecule has 20 heavy (non-hydrogen) atoms. The predicted octanol–water partition coefficient (Wildman–Crippen LogP) is 3.43. The molecule has 1 heterocycles. The lowest BCUT2D eigenvalue weighted by molar-refractivity contribution is 0.336. The van der Waals surface area contributed by atoms with Gasteiger partial charge in [0.15, 0.2) is 5.82 Å². The van der Waals surface area contributed by atoms with Gasteiger partial charge >= 0.3 is 0 Å². The van der Waals surface area contributed by atoms with Crippen molar-refractivity contribution in [1.29, 1.82) is 0 Å². The molecule has 0 amide bonds. The highest BCUT2D eigenvalue weighted by atomic mass is 16.5. The Hall–Kier alpha value is -1.68. The second-order valence-electron chi connectivity index (χ2n) is 5.43. The molecule has 2 rings (SSSR count). The maximum absolute atomic E-state index is 5.14. The van der Waals surface area contributed by atoms with E-state index in [4.69, 9.17) is 4.52 Å². The molecule has 1 unspecified atom stereocenters. The van der Waals surface area contributed by atoms with Gasteiger partial charge in [-0.3, -0.25) is 0 Å². The molecule has 1 aromatic carbocycles. The van der Waals surface area contributed by atoms with Gasteiger partial charge in [-0.2, -0.15) is 4.98 Å². The number of hydrogen-bond acceptors (Lipinski definition) is 4. The quantitative estimate of drug-likeness (QED) is 0.876. The first-order chi connectivity index (χ1) is 9.60. The average molecular weight is 273 g/mol. The minimum atomic E-state index is 0.285. The van der Waals surface area contributed by atoms with E-state index in [1.54, 1.807) is 0 Å². The zero-order valence-electron chi connectivity index (χ0n) is 12.7. The highest BCUT2D eigenvalue weighted by Gasteiger charge is 2.16. The molecule has 1 N–H and O–H groups in total. The van der Waals surface area contributed by atoms with Crippen LogP contribution in [0.2, 0.25) is 0 Å². The number of rotatable bonds is 6. The molecule has 1 atom stereocenters. The molecule has 0 bridgehead atoms. The van der Waals surface area contributed by atoms with E-state index in [9.17, 15) is 0 Å².